The van der Waals surface area contributed by atoms with Gasteiger partial charge >= 0.3 is 5.82 Å². The van der Waals surface area contributed by atoms with Crippen LogP contribution in [0.5, 0.6) is 0 Å². The number of nitro groups is 2. The van der Waals surface area contributed by atoms with Crippen LogP contribution in [0.2, 0.25) is 0 Å². The SMILES string of the molecule is NC(=O)CCCc1ccc([N+](=O)[O-])cc1F.O=[N+]([O-])c1ccc(CCCc2ncco2)c(F)c1.O=c1occo1. The topological polar surface area (TPSA) is 199 Å². The minimum Gasteiger partial charge on any atom is -0.449 e. The molecular formula is C25H24F2N4O9. The van der Waals surface area contributed by atoms with Gasteiger partial charge in [0.25, 0.3) is 11.4 Å². The van der Waals surface area contributed by atoms with E-state index in [-0.39, 0.29) is 17.8 Å². The third kappa shape index (κ3) is 11.0. The Morgan fingerprint density at radius 3 is 1.73 bits per heavy atom. The smallest absolute Gasteiger partial charge is 0.449 e. The maximum absolute atomic E-state index is 13.5. The Balaban J connectivity index is 0.000000233. The van der Waals surface area contributed by atoms with E-state index in [9.17, 15) is 38.6 Å². The van der Waals surface area contributed by atoms with Crippen LogP contribution in [0.4, 0.5) is 20.2 Å². The summed E-state index contributed by atoms with van der Waals surface area (Å²) in [7, 11) is 0. The van der Waals surface area contributed by atoms with Crippen molar-refractivity contribution in [3.8, 4) is 0 Å². The summed E-state index contributed by atoms with van der Waals surface area (Å²) in [4.78, 5) is 43.7. The number of amides is 1. The Labute approximate surface area is 224 Å². The fraction of sp³-hybridized carbons (Fsp3) is 0.240. The summed E-state index contributed by atoms with van der Waals surface area (Å²) in [6, 6.07) is 7.17. The Bertz CT molecular complexity index is 1440. The van der Waals surface area contributed by atoms with Crippen LogP contribution < -0.4 is 11.6 Å². The van der Waals surface area contributed by atoms with Crippen LogP contribution in [-0.2, 0) is 24.1 Å². The first kappa shape index (κ1) is 31.0. The first-order valence-electron chi connectivity index (χ1n) is 11.6. The molecule has 0 aliphatic carbocycles. The number of aromatic nitrogens is 1. The first-order chi connectivity index (χ1) is 19.1. The van der Waals surface area contributed by atoms with E-state index in [0.717, 1.165) is 12.1 Å². The molecule has 0 unspecified atom stereocenters. The second-order valence-electron chi connectivity index (χ2n) is 7.92. The van der Waals surface area contributed by atoms with Crippen molar-refractivity contribution < 1.29 is 36.7 Å². The highest BCUT2D eigenvalue weighted by atomic mass is 19.1. The van der Waals surface area contributed by atoms with Gasteiger partial charge in [-0.15, -0.1) is 0 Å². The van der Waals surface area contributed by atoms with Crippen LogP contribution in [-0.4, -0.2) is 20.7 Å². The van der Waals surface area contributed by atoms with E-state index in [2.05, 4.69) is 13.8 Å². The largest absolute Gasteiger partial charge is 0.518 e. The average Bonchev–Trinajstić information content (AvgIpc) is 3.60. The predicted octanol–water partition coefficient (Wildman–Crippen LogP) is 4.67. The molecule has 0 bridgehead atoms. The number of aryl methyl sites for hydroxylation is 3. The molecule has 0 aliphatic rings. The Morgan fingerprint density at radius 1 is 0.825 bits per heavy atom. The number of nitrogens with zero attached hydrogens (tertiary/aromatic N) is 3. The van der Waals surface area contributed by atoms with Gasteiger partial charge in [-0.25, -0.2) is 18.6 Å². The van der Waals surface area contributed by atoms with E-state index in [1.165, 1.54) is 43.1 Å². The summed E-state index contributed by atoms with van der Waals surface area (Å²) >= 11 is 0. The van der Waals surface area contributed by atoms with Crippen molar-refractivity contribution in [3.63, 3.8) is 0 Å². The van der Waals surface area contributed by atoms with Crippen molar-refractivity contribution in [2.75, 3.05) is 0 Å². The average molecular weight is 562 g/mol. The van der Waals surface area contributed by atoms with Gasteiger partial charge in [0.15, 0.2) is 5.89 Å². The van der Waals surface area contributed by atoms with Gasteiger partial charge in [-0.05, 0) is 48.9 Å². The van der Waals surface area contributed by atoms with Crippen molar-refractivity contribution in [2.24, 2.45) is 5.73 Å². The standard InChI is InChI=1S/C12H11FN2O3.C10H11FN2O3.C3H2O3/c13-11-8-10(15(16)17)5-4-9(11)2-1-3-12-14-6-7-18-12;11-9-6-8(13(15)16)5-4-7(9)2-1-3-10(12)14;4-3-5-1-2-6-3/h4-8H,1-3H2;4-6H,1-3H2,(H2,12,14);1-2H. The second-order valence-corrected chi connectivity index (χ2v) is 7.92. The van der Waals surface area contributed by atoms with Gasteiger partial charge < -0.3 is 19.0 Å². The molecule has 212 valence electrons. The van der Waals surface area contributed by atoms with Crippen LogP contribution in [0.3, 0.4) is 0 Å². The van der Waals surface area contributed by atoms with Gasteiger partial charge in [0, 0.05) is 25.0 Å². The summed E-state index contributed by atoms with van der Waals surface area (Å²) in [5.74, 6) is -1.66. The number of hydrogen-bond acceptors (Lipinski definition) is 10. The van der Waals surface area contributed by atoms with Gasteiger partial charge in [0.1, 0.15) is 30.4 Å². The van der Waals surface area contributed by atoms with Crippen LogP contribution in [0.1, 0.15) is 36.3 Å². The zero-order chi connectivity index (χ0) is 29.5. The number of nitro benzene ring substituents is 2. The monoisotopic (exact) mass is 562 g/mol. The fourth-order valence-corrected chi connectivity index (χ4v) is 3.16. The zero-order valence-electron chi connectivity index (χ0n) is 20.9. The maximum Gasteiger partial charge on any atom is 0.518 e. The summed E-state index contributed by atoms with van der Waals surface area (Å²) in [5.41, 5.74) is 5.24. The Hall–Kier alpha value is -5.21. The van der Waals surface area contributed by atoms with Crippen molar-refractivity contribution >= 4 is 17.3 Å². The van der Waals surface area contributed by atoms with E-state index in [1.807, 2.05) is 0 Å². The van der Waals surface area contributed by atoms with Gasteiger partial charge in [0.2, 0.25) is 5.91 Å². The predicted molar refractivity (Wildman–Crippen MR) is 134 cm³/mol. The van der Waals surface area contributed by atoms with E-state index >= 15 is 0 Å². The van der Waals surface area contributed by atoms with Crippen LogP contribution in [0, 0.1) is 31.9 Å². The summed E-state index contributed by atoms with van der Waals surface area (Å²) < 4.78 is 40.1. The number of oxazole rings is 1. The molecule has 13 nitrogen and oxygen atoms in total. The lowest BCUT2D eigenvalue weighted by Gasteiger charge is -2.02. The first-order valence-corrected chi connectivity index (χ1v) is 11.6. The number of rotatable bonds is 10. The maximum atomic E-state index is 13.5. The number of carbonyl (C=O) groups is 1. The second kappa shape index (κ2) is 15.9. The van der Waals surface area contributed by atoms with E-state index in [0.29, 0.717) is 49.1 Å². The molecule has 2 N–H and O–H groups in total. The van der Waals surface area contributed by atoms with Crippen molar-refractivity contribution in [2.45, 2.75) is 38.5 Å². The molecule has 2 aromatic heterocycles. The minimum atomic E-state index is -0.657. The molecule has 4 rings (SSSR count). The van der Waals surface area contributed by atoms with Crippen LogP contribution in [0.15, 0.2) is 79.4 Å². The lowest BCUT2D eigenvalue weighted by Crippen LogP contribution is -2.10. The third-order valence-electron chi connectivity index (χ3n) is 5.07. The molecule has 0 aliphatic heterocycles. The van der Waals surface area contributed by atoms with Gasteiger partial charge in [-0.2, -0.15) is 0 Å². The van der Waals surface area contributed by atoms with E-state index in [1.54, 1.807) is 6.20 Å². The highest BCUT2D eigenvalue weighted by Gasteiger charge is 2.11. The summed E-state index contributed by atoms with van der Waals surface area (Å²) in [5, 5.41) is 20.8. The lowest BCUT2D eigenvalue weighted by molar-refractivity contribution is -0.385. The van der Waals surface area contributed by atoms with Crippen molar-refractivity contribution in [1.29, 1.82) is 0 Å². The number of carbonyl (C=O) groups excluding carboxylic acids is 1. The van der Waals surface area contributed by atoms with Crippen LogP contribution in [0.25, 0.3) is 0 Å². The molecule has 2 aromatic carbocycles. The fourth-order valence-electron chi connectivity index (χ4n) is 3.16. The number of nitrogens with two attached hydrogens (primary N) is 1. The number of halogens is 2. The number of hydrogen-bond donors (Lipinski definition) is 1. The van der Waals surface area contributed by atoms with Gasteiger partial charge in [-0.3, -0.25) is 25.0 Å². The molecule has 2 heterocycles. The number of non-ortho nitro benzene ring substituents is 2. The zero-order valence-corrected chi connectivity index (χ0v) is 20.9. The highest BCUT2D eigenvalue weighted by molar-refractivity contribution is 5.73. The molecule has 1 amide bonds. The van der Waals surface area contributed by atoms with E-state index in [4.69, 9.17) is 10.2 Å². The molecule has 0 saturated heterocycles. The minimum absolute atomic E-state index is 0.177. The number of benzene rings is 2. The van der Waals surface area contributed by atoms with Gasteiger partial charge in [0.05, 0.1) is 28.2 Å². The normalized spacial score (nSPS) is 10.1. The highest BCUT2D eigenvalue weighted by Crippen LogP contribution is 2.19. The molecule has 15 heteroatoms. The molecule has 0 atom stereocenters. The number of primary amides is 1. The Morgan fingerprint density at radius 2 is 1.35 bits per heavy atom. The van der Waals surface area contributed by atoms with Gasteiger partial charge in [-0.1, -0.05) is 0 Å². The molecule has 0 saturated carbocycles. The third-order valence-corrected chi connectivity index (χ3v) is 5.07. The Kier molecular flexibility index (Phi) is 12.3. The summed E-state index contributed by atoms with van der Waals surface area (Å²) in [6.45, 7) is 0. The molecule has 40 heavy (non-hydrogen) atoms. The lowest BCUT2D eigenvalue weighted by atomic mass is 10.1. The van der Waals surface area contributed by atoms with Crippen molar-refractivity contribution in [3.05, 3.63) is 121 Å². The summed E-state index contributed by atoms with van der Waals surface area (Å²) in [6.07, 6.45) is 8.15. The molecule has 0 fully saturated rings. The van der Waals surface area contributed by atoms with E-state index < -0.39 is 33.2 Å². The quantitative estimate of drug-likeness (QED) is 0.209. The van der Waals surface area contributed by atoms with Crippen LogP contribution >= 0.6 is 0 Å². The van der Waals surface area contributed by atoms with Crippen molar-refractivity contribution in [1.82, 2.24) is 4.98 Å². The molecule has 0 radical (unpaired) electrons. The molecular weight excluding hydrogens is 538 g/mol. The molecule has 0 spiro atoms. The molecule has 4 aromatic rings.